The van der Waals surface area contributed by atoms with Gasteiger partial charge in [-0.2, -0.15) is 0 Å². The molecule has 6 rings (SSSR count). The van der Waals surface area contributed by atoms with Crippen molar-refractivity contribution in [1.82, 2.24) is 19.8 Å². The maximum absolute atomic E-state index is 13.0. The predicted octanol–water partition coefficient (Wildman–Crippen LogP) is 4.41. The Kier molecular flexibility index (Phi) is 5.17. The number of hydrogen-bond acceptors (Lipinski definition) is 4. The molecule has 0 aliphatic carbocycles. The van der Waals surface area contributed by atoms with E-state index < -0.39 is 0 Å². The summed E-state index contributed by atoms with van der Waals surface area (Å²) in [6.07, 6.45) is 7.36. The molecule has 0 spiro atoms. The van der Waals surface area contributed by atoms with Crippen LogP contribution < -0.4 is 0 Å². The van der Waals surface area contributed by atoms with E-state index in [0.717, 1.165) is 33.8 Å². The van der Waals surface area contributed by atoms with Crippen molar-refractivity contribution in [1.29, 1.82) is 0 Å². The molecular weight excluding hydrogens is 440 g/mol. The first kappa shape index (κ1) is 21.3. The van der Waals surface area contributed by atoms with Crippen LogP contribution in [0.2, 0.25) is 0 Å². The molecule has 3 amide bonds. The molecule has 0 bridgehead atoms. The van der Waals surface area contributed by atoms with E-state index in [1.165, 1.54) is 10.5 Å². The highest BCUT2D eigenvalue weighted by atomic mass is 16.2. The number of amides is 3. The molecule has 2 aliphatic rings. The molecule has 2 aliphatic heterocycles. The average molecular weight is 465 g/mol. The SMILES string of the molecule is O=C(CCCN1C(=O)c2cccc3cccc(c23)C1=O)N1CC=C(c2c[nH]c3ncccc23)CC1. The van der Waals surface area contributed by atoms with Crippen LogP contribution in [0.15, 0.2) is 67.0 Å². The minimum Gasteiger partial charge on any atom is -0.346 e. The lowest BCUT2D eigenvalue weighted by Gasteiger charge is -2.28. The molecule has 1 N–H and O–H groups in total. The van der Waals surface area contributed by atoms with E-state index in [2.05, 4.69) is 22.1 Å². The predicted molar refractivity (Wildman–Crippen MR) is 134 cm³/mol. The van der Waals surface area contributed by atoms with Crippen LogP contribution in [-0.2, 0) is 4.79 Å². The smallest absolute Gasteiger partial charge is 0.261 e. The molecule has 4 aromatic rings. The third kappa shape index (κ3) is 3.60. The number of imide groups is 1. The third-order valence-electron chi connectivity index (χ3n) is 6.99. The van der Waals surface area contributed by atoms with Crippen LogP contribution in [0.4, 0.5) is 0 Å². The number of benzene rings is 2. The van der Waals surface area contributed by atoms with Crippen LogP contribution in [-0.4, -0.2) is 57.1 Å². The number of H-pyrrole nitrogens is 1. The molecule has 4 heterocycles. The van der Waals surface area contributed by atoms with Gasteiger partial charge in [0.25, 0.3) is 11.8 Å². The maximum atomic E-state index is 13.0. The summed E-state index contributed by atoms with van der Waals surface area (Å²) in [6, 6.07) is 15.0. The summed E-state index contributed by atoms with van der Waals surface area (Å²) in [5, 5.41) is 2.70. The van der Waals surface area contributed by atoms with Gasteiger partial charge in [0.05, 0.1) is 0 Å². The van der Waals surface area contributed by atoms with Crippen molar-refractivity contribution in [3.8, 4) is 0 Å². The summed E-state index contributed by atoms with van der Waals surface area (Å²) in [4.78, 5) is 49.6. The van der Waals surface area contributed by atoms with E-state index in [9.17, 15) is 14.4 Å². The van der Waals surface area contributed by atoms with Gasteiger partial charge >= 0.3 is 0 Å². The lowest BCUT2D eigenvalue weighted by molar-refractivity contribution is -0.130. The highest BCUT2D eigenvalue weighted by Crippen LogP contribution is 2.31. The molecular formula is C28H24N4O3. The van der Waals surface area contributed by atoms with Gasteiger partial charge in [0, 0.05) is 65.9 Å². The molecule has 35 heavy (non-hydrogen) atoms. The summed E-state index contributed by atoms with van der Waals surface area (Å²) in [7, 11) is 0. The fourth-order valence-corrected chi connectivity index (χ4v) is 5.19. The Labute approximate surface area is 202 Å². The molecule has 2 aromatic heterocycles. The van der Waals surface area contributed by atoms with E-state index in [1.807, 2.05) is 41.4 Å². The zero-order valence-corrected chi connectivity index (χ0v) is 19.2. The number of carbonyl (C=O) groups excluding carboxylic acids is 3. The van der Waals surface area contributed by atoms with Crippen LogP contribution in [0.1, 0.15) is 45.5 Å². The molecule has 2 aromatic carbocycles. The topological polar surface area (TPSA) is 86.4 Å². The minimum atomic E-state index is -0.287. The average Bonchev–Trinajstić information content (AvgIpc) is 3.33. The van der Waals surface area contributed by atoms with Crippen LogP contribution in [0, 0.1) is 0 Å². The van der Waals surface area contributed by atoms with Crippen molar-refractivity contribution in [3.05, 3.63) is 83.7 Å². The first-order valence-electron chi connectivity index (χ1n) is 11.9. The van der Waals surface area contributed by atoms with E-state index in [0.29, 0.717) is 37.1 Å². The number of aromatic amines is 1. The van der Waals surface area contributed by atoms with Gasteiger partial charge in [-0.3, -0.25) is 19.3 Å². The number of rotatable bonds is 5. The Balaban J connectivity index is 1.09. The van der Waals surface area contributed by atoms with Gasteiger partial charge in [-0.05, 0) is 48.1 Å². The second kappa shape index (κ2) is 8.51. The van der Waals surface area contributed by atoms with E-state index in [1.54, 1.807) is 18.3 Å². The van der Waals surface area contributed by atoms with Gasteiger partial charge in [-0.25, -0.2) is 4.98 Å². The Hall–Kier alpha value is -4.26. The highest BCUT2D eigenvalue weighted by molar-refractivity contribution is 6.25. The van der Waals surface area contributed by atoms with Crippen LogP contribution in [0.3, 0.4) is 0 Å². The quantitative estimate of drug-likeness (QED) is 0.444. The first-order chi connectivity index (χ1) is 17.1. The minimum absolute atomic E-state index is 0.0419. The molecule has 0 fully saturated rings. The zero-order chi connectivity index (χ0) is 23.9. The molecule has 0 unspecified atom stereocenters. The first-order valence-corrected chi connectivity index (χ1v) is 11.9. The van der Waals surface area contributed by atoms with Gasteiger partial charge in [0.2, 0.25) is 5.91 Å². The molecule has 7 nitrogen and oxygen atoms in total. The summed E-state index contributed by atoms with van der Waals surface area (Å²) < 4.78 is 0. The molecule has 0 saturated heterocycles. The Morgan fingerprint density at radius 2 is 1.74 bits per heavy atom. The number of aromatic nitrogens is 2. The van der Waals surface area contributed by atoms with Crippen LogP contribution in [0.5, 0.6) is 0 Å². The van der Waals surface area contributed by atoms with Crippen molar-refractivity contribution >= 4 is 45.1 Å². The van der Waals surface area contributed by atoms with E-state index in [4.69, 9.17) is 0 Å². The monoisotopic (exact) mass is 464 g/mol. The van der Waals surface area contributed by atoms with Gasteiger partial charge in [-0.15, -0.1) is 0 Å². The van der Waals surface area contributed by atoms with Crippen molar-refractivity contribution in [2.75, 3.05) is 19.6 Å². The van der Waals surface area contributed by atoms with Gasteiger partial charge < -0.3 is 9.88 Å². The van der Waals surface area contributed by atoms with Crippen molar-refractivity contribution in [2.45, 2.75) is 19.3 Å². The lowest BCUT2D eigenvalue weighted by atomic mass is 9.94. The summed E-state index contributed by atoms with van der Waals surface area (Å²) in [5.74, 6) is -0.531. The summed E-state index contributed by atoms with van der Waals surface area (Å²) >= 11 is 0. The number of nitrogens with one attached hydrogen (secondary N) is 1. The molecule has 0 atom stereocenters. The van der Waals surface area contributed by atoms with E-state index >= 15 is 0 Å². The normalized spacial score (nSPS) is 15.7. The molecule has 174 valence electrons. The number of pyridine rings is 1. The van der Waals surface area contributed by atoms with Gasteiger partial charge in [0.15, 0.2) is 0 Å². The Morgan fingerprint density at radius 3 is 2.46 bits per heavy atom. The highest BCUT2D eigenvalue weighted by Gasteiger charge is 2.32. The molecule has 0 saturated carbocycles. The van der Waals surface area contributed by atoms with Crippen LogP contribution in [0.25, 0.3) is 27.4 Å². The van der Waals surface area contributed by atoms with Gasteiger partial charge in [-0.1, -0.05) is 30.3 Å². The second-order valence-electron chi connectivity index (χ2n) is 9.00. The largest absolute Gasteiger partial charge is 0.346 e. The standard InChI is InChI=1S/C28H24N4O3/c33-24(31-15-11-18(12-16-31)23-17-30-26-20(23)9-3-13-29-26)10-4-14-32-27(34)21-7-1-5-19-6-2-8-22(25(19)21)28(32)35/h1-3,5-9,11,13,17H,4,10,12,14-16H2,(H,29,30). The Morgan fingerprint density at radius 1 is 0.971 bits per heavy atom. The van der Waals surface area contributed by atoms with Crippen molar-refractivity contribution in [3.63, 3.8) is 0 Å². The zero-order valence-electron chi connectivity index (χ0n) is 19.2. The van der Waals surface area contributed by atoms with E-state index in [-0.39, 0.29) is 24.3 Å². The van der Waals surface area contributed by atoms with Crippen LogP contribution >= 0.6 is 0 Å². The Bertz CT molecular complexity index is 1480. The van der Waals surface area contributed by atoms with Gasteiger partial charge in [0.1, 0.15) is 5.65 Å². The lowest BCUT2D eigenvalue weighted by Crippen LogP contribution is -2.41. The number of fused-ring (bicyclic) bond motifs is 1. The second-order valence-corrected chi connectivity index (χ2v) is 9.00. The summed E-state index contributed by atoms with van der Waals surface area (Å²) in [5.41, 5.74) is 4.31. The number of nitrogens with zero attached hydrogens (tertiary/aromatic N) is 3. The number of hydrogen-bond donors (Lipinski definition) is 1. The maximum Gasteiger partial charge on any atom is 0.261 e. The number of carbonyl (C=O) groups is 3. The van der Waals surface area contributed by atoms with Crippen molar-refractivity contribution < 1.29 is 14.4 Å². The molecule has 7 heteroatoms. The molecule has 0 radical (unpaired) electrons. The fourth-order valence-electron chi connectivity index (χ4n) is 5.19. The van der Waals surface area contributed by atoms with Crippen molar-refractivity contribution in [2.24, 2.45) is 0 Å². The summed E-state index contributed by atoms with van der Waals surface area (Å²) in [6.45, 7) is 1.43. The fraction of sp³-hybridized carbons (Fsp3) is 0.214. The third-order valence-corrected chi connectivity index (χ3v) is 6.99.